The Kier molecular flexibility index (Phi) is 5.03. The molecule has 1 atom stereocenters. The van der Waals surface area contributed by atoms with Gasteiger partial charge in [0.15, 0.2) is 0 Å². The molecule has 6 heteroatoms. The van der Waals surface area contributed by atoms with Crippen molar-refractivity contribution >= 4 is 22.7 Å². The van der Waals surface area contributed by atoms with E-state index in [1.54, 1.807) is 7.11 Å². The number of hydrogen-bond donors (Lipinski definition) is 0. The van der Waals surface area contributed by atoms with Crippen LogP contribution < -0.4 is 4.74 Å². The van der Waals surface area contributed by atoms with E-state index in [0.29, 0.717) is 5.90 Å². The zero-order chi connectivity index (χ0) is 22.1. The third-order valence-electron chi connectivity index (χ3n) is 5.39. The molecule has 1 amide bonds. The van der Waals surface area contributed by atoms with Crippen LogP contribution in [0, 0.1) is 0 Å². The summed E-state index contributed by atoms with van der Waals surface area (Å²) in [4.78, 5) is 17.3. The first-order chi connectivity index (χ1) is 15.6. The van der Waals surface area contributed by atoms with E-state index in [0.717, 1.165) is 39.0 Å². The molecule has 0 saturated heterocycles. The minimum atomic E-state index is -0.694. The van der Waals surface area contributed by atoms with Gasteiger partial charge in [-0.1, -0.05) is 48.5 Å². The van der Waals surface area contributed by atoms with Gasteiger partial charge in [-0.05, 0) is 36.4 Å². The highest BCUT2D eigenvalue weighted by Gasteiger charge is 2.34. The minimum absolute atomic E-state index is 0.208. The molecule has 1 aliphatic heterocycles. The van der Waals surface area contributed by atoms with Gasteiger partial charge >= 0.3 is 0 Å². The number of pyridine rings is 1. The fourth-order valence-corrected chi connectivity index (χ4v) is 3.78. The molecule has 0 fully saturated rings. The molecule has 4 aromatic rings. The average molecular weight is 423 g/mol. The molecule has 1 aromatic heterocycles. The van der Waals surface area contributed by atoms with Crippen LogP contribution in [0.2, 0.25) is 0 Å². The molecule has 0 bridgehead atoms. The van der Waals surface area contributed by atoms with Gasteiger partial charge in [0.25, 0.3) is 0 Å². The van der Waals surface area contributed by atoms with Crippen LogP contribution in [0.4, 0.5) is 0 Å². The SMILES string of the molecule is COc1ccc(C2=NN(C(C)=O)[C@@H](c3cc(-c4ccccc4)nc4ccccc34)O2)cc1. The summed E-state index contributed by atoms with van der Waals surface area (Å²) in [5, 5.41) is 6.79. The van der Waals surface area contributed by atoms with Crippen molar-refractivity contribution in [3.8, 4) is 17.0 Å². The highest BCUT2D eigenvalue weighted by Crippen LogP contribution is 2.36. The molecule has 5 rings (SSSR count). The first kappa shape index (κ1) is 19.8. The Bertz CT molecular complexity index is 1320. The highest BCUT2D eigenvalue weighted by atomic mass is 16.5. The summed E-state index contributed by atoms with van der Waals surface area (Å²) in [7, 11) is 1.62. The Labute approximate surface area is 185 Å². The number of hydrazone groups is 1. The Morgan fingerprint density at radius 3 is 2.38 bits per heavy atom. The van der Waals surface area contributed by atoms with Crippen molar-refractivity contribution in [2.75, 3.05) is 7.11 Å². The largest absolute Gasteiger partial charge is 0.497 e. The summed E-state index contributed by atoms with van der Waals surface area (Å²) < 4.78 is 11.5. The Balaban J connectivity index is 1.61. The van der Waals surface area contributed by atoms with Crippen LogP contribution in [0.3, 0.4) is 0 Å². The van der Waals surface area contributed by atoms with Crippen molar-refractivity contribution in [2.24, 2.45) is 5.10 Å². The maximum absolute atomic E-state index is 12.5. The zero-order valence-corrected chi connectivity index (χ0v) is 17.7. The van der Waals surface area contributed by atoms with Gasteiger partial charge < -0.3 is 9.47 Å². The smallest absolute Gasteiger partial charge is 0.243 e. The zero-order valence-electron chi connectivity index (χ0n) is 17.7. The first-order valence-corrected chi connectivity index (χ1v) is 10.3. The van der Waals surface area contributed by atoms with Crippen molar-refractivity contribution in [3.63, 3.8) is 0 Å². The predicted octanol–water partition coefficient (Wildman–Crippen LogP) is 5.15. The van der Waals surface area contributed by atoms with Gasteiger partial charge in [0.05, 0.1) is 18.3 Å². The lowest BCUT2D eigenvalue weighted by Gasteiger charge is -2.21. The summed E-state index contributed by atoms with van der Waals surface area (Å²) in [6.45, 7) is 1.48. The van der Waals surface area contributed by atoms with Crippen molar-refractivity contribution in [3.05, 3.63) is 96.1 Å². The van der Waals surface area contributed by atoms with Crippen molar-refractivity contribution in [2.45, 2.75) is 13.2 Å². The topological polar surface area (TPSA) is 64.0 Å². The van der Waals surface area contributed by atoms with Gasteiger partial charge in [-0.2, -0.15) is 5.01 Å². The van der Waals surface area contributed by atoms with E-state index >= 15 is 0 Å². The number of rotatable bonds is 4. The Hall–Kier alpha value is -4.19. The molecule has 0 N–H and O–H groups in total. The fourth-order valence-electron chi connectivity index (χ4n) is 3.78. The molecule has 0 unspecified atom stereocenters. The molecule has 0 radical (unpaired) electrons. The van der Waals surface area contributed by atoms with Crippen LogP contribution >= 0.6 is 0 Å². The fraction of sp³-hybridized carbons (Fsp3) is 0.115. The van der Waals surface area contributed by atoms with Crippen LogP contribution in [0.1, 0.15) is 24.3 Å². The quantitative estimate of drug-likeness (QED) is 0.455. The summed E-state index contributed by atoms with van der Waals surface area (Å²) in [6.07, 6.45) is -0.694. The molecule has 32 heavy (non-hydrogen) atoms. The lowest BCUT2D eigenvalue weighted by atomic mass is 10.0. The van der Waals surface area contributed by atoms with E-state index in [-0.39, 0.29) is 5.91 Å². The number of fused-ring (bicyclic) bond motifs is 1. The summed E-state index contributed by atoms with van der Waals surface area (Å²) in [5.41, 5.74) is 4.22. The van der Waals surface area contributed by atoms with E-state index in [9.17, 15) is 4.79 Å². The lowest BCUT2D eigenvalue weighted by Crippen LogP contribution is -2.25. The number of methoxy groups -OCH3 is 1. The van der Waals surface area contributed by atoms with Gasteiger partial charge in [-0.15, -0.1) is 5.10 Å². The standard InChI is InChI=1S/C26H21N3O3/c1-17(30)29-26(32-25(28-29)19-12-14-20(31-2)15-13-19)22-16-24(18-8-4-3-5-9-18)27-23-11-7-6-10-21(22)23/h3-16,26H,1-2H3/t26-/m1/s1. The Morgan fingerprint density at radius 2 is 1.66 bits per heavy atom. The molecule has 6 nitrogen and oxygen atoms in total. The second-order valence-electron chi connectivity index (χ2n) is 7.45. The number of aromatic nitrogens is 1. The number of benzene rings is 3. The molecule has 3 aromatic carbocycles. The number of para-hydroxylation sites is 1. The lowest BCUT2D eigenvalue weighted by molar-refractivity contribution is -0.135. The second-order valence-corrected chi connectivity index (χ2v) is 7.45. The van der Waals surface area contributed by atoms with Gasteiger partial charge in [0, 0.05) is 29.0 Å². The monoisotopic (exact) mass is 423 g/mol. The molecule has 0 spiro atoms. The molecule has 2 heterocycles. The van der Waals surface area contributed by atoms with E-state index in [1.165, 1.54) is 11.9 Å². The van der Waals surface area contributed by atoms with Crippen LogP contribution in [-0.4, -0.2) is 28.9 Å². The minimum Gasteiger partial charge on any atom is -0.497 e. The van der Waals surface area contributed by atoms with Crippen molar-refractivity contribution in [1.29, 1.82) is 0 Å². The second kappa shape index (κ2) is 8.15. The molecular weight excluding hydrogens is 402 g/mol. The van der Waals surface area contributed by atoms with Crippen LogP contribution in [0.15, 0.2) is 90.0 Å². The van der Waals surface area contributed by atoms with Crippen molar-refractivity contribution < 1.29 is 14.3 Å². The van der Waals surface area contributed by atoms with E-state index in [4.69, 9.17) is 14.5 Å². The highest BCUT2D eigenvalue weighted by molar-refractivity contribution is 5.97. The molecule has 0 aliphatic carbocycles. The predicted molar refractivity (Wildman–Crippen MR) is 123 cm³/mol. The number of hydrogen-bond acceptors (Lipinski definition) is 5. The third kappa shape index (κ3) is 3.56. The van der Waals surface area contributed by atoms with Gasteiger partial charge in [-0.3, -0.25) is 4.79 Å². The van der Waals surface area contributed by atoms with E-state index in [2.05, 4.69) is 5.10 Å². The molecular formula is C26H21N3O3. The average Bonchev–Trinajstić information content (AvgIpc) is 3.30. The molecule has 158 valence electrons. The third-order valence-corrected chi connectivity index (χ3v) is 5.39. The van der Waals surface area contributed by atoms with E-state index in [1.807, 2.05) is 84.9 Å². The first-order valence-electron chi connectivity index (χ1n) is 10.3. The number of ether oxygens (including phenoxy) is 2. The van der Waals surface area contributed by atoms with E-state index < -0.39 is 6.23 Å². The van der Waals surface area contributed by atoms with Crippen molar-refractivity contribution in [1.82, 2.24) is 9.99 Å². The van der Waals surface area contributed by atoms with Gasteiger partial charge in [0.1, 0.15) is 5.75 Å². The number of amides is 1. The number of carbonyl (C=O) groups excluding carboxylic acids is 1. The number of carbonyl (C=O) groups is 1. The number of nitrogens with zero attached hydrogens (tertiary/aromatic N) is 3. The van der Waals surface area contributed by atoms with Crippen LogP contribution in [-0.2, 0) is 9.53 Å². The molecule has 0 saturated carbocycles. The normalized spacial score (nSPS) is 15.4. The summed E-state index contributed by atoms with van der Waals surface area (Å²) >= 11 is 0. The van der Waals surface area contributed by atoms with Gasteiger partial charge in [0.2, 0.25) is 18.0 Å². The maximum atomic E-state index is 12.5. The summed E-state index contributed by atoms with van der Waals surface area (Å²) in [6, 6.07) is 27.2. The Morgan fingerprint density at radius 1 is 0.938 bits per heavy atom. The maximum Gasteiger partial charge on any atom is 0.243 e. The van der Waals surface area contributed by atoms with Gasteiger partial charge in [-0.25, -0.2) is 4.98 Å². The van der Waals surface area contributed by atoms with Crippen LogP contribution in [0.25, 0.3) is 22.2 Å². The van der Waals surface area contributed by atoms with Crippen LogP contribution in [0.5, 0.6) is 5.75 Å². The molecule has 1 aliphatic rings. The summed E-state index contributed by atoms with van der Waals surface area (Å²) in [5.74, 6) is 0.913.